The summed E-state index contributed by atoms with van der Waals surface area (Å²) in [5.41, 5.74) is 7.04. The molecule has 0 aromatic heterocycles. The van der Waals surface area contributed by atoms with Crippen LogP contribution in [0.3, 0.4) is 0 Å². The molecule has 2 fully saturated rings. The molecule has 1 heterocycles. The Morgan fingerprint density at radius 1 is 1.31 bits per heavy atom. The fraction of sp³-hybridized carbons (Fsp3) is 0.579. The molecule has 0 radical (unpaired) electrons. The van der Waals surface area contributed by atoms with Gasteiger partial charge in [0.05, 0.1) is 19.1 Å². The van der Waals surface area contributed by atoms with Crippen molar-refractivity contribution in [1.82, 2.24) is 10.2 Å². The molecule has 3 N–H and O–H groups in total. The lowest BCUT2D eigenvalue weighted by atomic mass is 9.84. The maximum absolute atomic E-state index is 12.8. The lowest BCUT2D eigenvalue weighted by Gasteiger charge is -2.38. The third-order valence-electron chi connectivity index (χ3n) is 5.39. The monoisotopic (exact) mass is 381 g/mol. The first-order valence-corrected chi connectivity index (χ1v) is 8.94. The molecule has 1 aliphatic carbocycles. The number of amides is 2. The van der Waals surface area contributed by atoms with E-state index in [-0.39, 0.29) is 42.2 Å². The Morgan fingerprint density at radius 2 is 1.96 bits per heavy atom. The smallest absolute Gasteiger partial charge is 0.225 e. The van der Waals surface area contributed by atoms with Gasteiger partial charge in [-0.15, -0.1) is 12.4 Å². The van der Waals surface area contributed by atoms with Crippen LogP contribution < -0.4 is 15.8 Å². The van der Waals surface area contributed by atoms with E-state index in [0.29, 0.717) is 25.3 Å². The second-order valence-electron chi connectivity index (χ2n) is 7.11. The average molecular weight is 382 g/mol. The Labute approximate surface area is 160 Å². The van der Waals surface area contributed by atoms with E-state index in [1.807, 2.05) is 24.3 Å². The number of carbonyl (C=O) groups excluding carboxylic acids is 2. The molecule has 7 heteroatoms. The lowest BCUT2D eigenvalue weighted by molar-refractivity contribution is -0.141. The van der Waals surface area contributed by atoms with Crippen LogP contribution >= 0.6 is 12.4 Å². The summed E-state index contributed by atoms with van der Waals surface area (Å²) in [5.74, 6) is 1.09. The summed E-state index contributed by atoms with van der Waals surface area (Å²) in [7, 11) is 3.39. The van der Waals surface area contributed by atoms with Gasteiger partial charge in [0.2, 0.25) is 11.8 Å². The highest BCUT2D eigenvalue weighted by Crippen LogP contribution is 2.36. The molecule has 1 aromatic carbocycles. The van der Waals surface area contributed by atoms with Crippen LogP contribution in [0.4, 0.5) is 0 Å². The SMILES string of the molecule is COc1ccc(C2C(C(=O)NCC(N)C3CC3)CCC(=O)N2C)cc1.Cl. The number of hydrogen-bond donors (Lipinski definition) is 2. The maximum atomic E-state index is 12.8. The molecular formula is C19H28ClN3O3. The van der Waals surface area contributed by atoms with Gasteiger partial charge in [-0.05, 0) is 42.9 Å². The van der Waals surface area contributed by atoms with Crippen molar-refractivity contribution in [2.24, 2.45) is 17.6 Å². The molecule has 144 valence electrons. The summed E-state index contributed by atoms with van der Waals surface area (Å²) in [5, 5.41) is 3.00. The van der Waals surface area contributed by atoms with Crippen LogP contribution in [0.2, 0.25) is 0 Å². The summed E-state index contributed by atoms with van der Waals surface area (Å²) in [6.07, 6.45) is 3.28. The molecule has 1 aliphatic heterocycles. The standard InChI is InChI=1S/C19H27N3O3.ClH/c1-22-17(23)10-9-15(19(24)21-11-16(20)12-3-4-12)18(22)13-5-7-14(25-2)8-6-13;/h5-8,12,15-16,18H,3-4,9-11,20H2,1-2H3,(H,21,24);1H. The molecule has 1 saturated heterocycles. The van der Waals surface area contributed by atoms with Crippen molar-refractivity contribution >= 4 is 24.2 Å². The van der Waals surface area contributed by atoms with Crippen LogP contribution in [0, 0.1) is 11.8 Å². The molecule has 6 nitrogen and oxygen atoms in total. The highest BCUT2D eigenvalue weighted by Gasteiger charge is 2.39. The number of rotatable bonds is 6. The van der Waals surface area contributed by atoms with Crippen molar-refractivity contribution in [2.75, 3.05) is 20.7 Å². The van der Waals surface area contributed by atoms with Gasteiger partial charge >= 0.3 is 0 Å². The lowest BCUT2D eigenvalue weighted by Crippen LogP contribution is -2.48. The van der Waals surface area contributed by atoms with Crippen LogP contribution in [-0.4, -0.2) is 43.5 Å². The molecule has 0 bridgehead atoms. The Hall–Kier alpha value is -1.79. The van der Waals surface area contributed by atoms with Gasteiger partial charge in [0.1, 0.15) is 5.75 Å². The zero-order chi connectivity index (χ0) is 18.0. The maximum Gasteiger partial charge on any atom is 0.225 e. The predicted octanol–water partition coefficient (Wildman–Crippen LogP) is 1.88. The Morgan fingerprint density at radius 3 is 2.54 bits per heavy atom. The number of piperidine rings is 1. The second-order valence-corrected chi connectivity index (χ2v) is 7.11. The minimum absolute atomic E-state index is 0. The number of carbonyl (C=O) groups is 2. The van der Waals surface area contributed by atoms with Gasteiger partial charge in [0, 0.05) is 26.1 Å². The van der Waals surface area contributed by atoms with Crippen molar-refractivity contribution in [3.63, 3.8) is 0 Å². The zero-order valence-electron chi connectivity index (χ0n) is 15.3. The van der Waals surface area contributed by atoms with E-state index in [2.05, 4.69) is 5.32 Å². The predicted molar refractivity (Wildman–Crippen MR) is 102 cm³/mol. The van der Waals surface area contributed by atoms with Gasteiger partial charge in [0.25, 0.3) is 0 Å². The van der Waals surface area contributed by atoms with Gasteiger partial charge in [-0.3, -0.25) is 9.59 Å². The first-order chi connectivity index (χ1) is 12.0. The summed E-state index contributed by atoms with van der Waals surface area (Å²) in [6.45, 7) is 0.507. The van der Waals surface area contributed by atoms with Crippen molar-refractivity contribution < 1.29 is 14.3 Å². The number of benzene rings is 1. The Balaban J connectivity index is 0.00000243. The van der Waals surface area contributed by atoms with Crippen LogP contribution in [-0.2, 0) is 9.59 Å². The second kappa shape index (κ2) is 8.73. The normalized spacial score (nSPS) is 23.8. The fourth-order valence-corrected chi connectivity index (χ4v) is 3.61. The molecule has 3 unspecified atom stereocenters. The molecule has 2 amide bonds. The first-order valence-electron chi connectivity index (χ1n) is 8.94. The molecular weight excluding hydrogens is 354 g/mol. The highest BCUT2D eigenvalue weighted by atomic mass is 35.5. The number of hydrogen-bond acceptors (Lipinski definition) is 4. The molecule has 0 spiro atoms. The molecule has 3 rings (SSSR count). The minimum atomic E-state index is -0.262. The molecule has 1 saturated carbocycles. The quantitative estimate of drug-likeness (QED) is 0.787. The molecule has 3 atom stereocenters. The number of ether oxygens (including phenoxy) is 1. The number of nitrogens with one attached hydrogen (secondary N) is 1. The number of halogens is 1. The minimum Gasteiger partial charge on any atom is -0.497 e. The van der Waals surface area contributed by atoms with Crippen LogP contribution in [0.15, 0.2) is 24.3 Å². The van der Waals surface area contributed by atoms with E-state index < -0.39 is 0 Å². The van der Waals surface area contributed by atoms with Gasteiger partial charge < -0.3 is 20.7 Å². The fourth-order valence-electron chi connectivity index (χ4n) is 3.61. The Bertz CT molecular complexity index is 633. The van der Waals surface area contributed by atoms with Crippen molar-refractivity contribution in [2.45, 2.75) is 37.8 Å². The zero-order valence-corrected chi connectivity index (χ0v) is 16.1. The van der Waals surface area contributed by atoms with Gasteiger partial charge in [-0.25, -0.2) is 0 Å². The van der Waals surface area contributed by atoms with Gasteiger partial charge in [-0.1, -0.05) is 12.1 Å². The van der Waals surface area contributed by atoms with Crippen molar-refractivity contribution in [3.05, 3.63) is 29.8 Å². The van der Waals surface area contributed by atoms with Crippen LogP contribution in [0.1, 0.15) is 37.3 Å². The summed E-state index contributed by atoms with van der Waals surface area (Å²) < 4.78 is 5.20. The largest absolute Gasteiger partial charge is 0.497 e. The van der Waals surface area contributed by atoms with Crippen LogP contribution in [0.25, 0.3) is 0 Å². The number of likely N-dealkylation sites (tertiary alicyclic amines) is 1. The van der Waals surface area contributed by atoms with Crippen LogP contribution in [0.5, 0.6) is 5.75 Å². The van der Waals surface area contributed by atoms with E-state index >= 15 is 0 Å². The van der Waals surface area contributed by atoms with E-state index in [1.54, 1.807) is 19.1 Å². The first kappa shape index (κ1) is 20.5. The van der Waals surface area contributed by atoms with Gasteiger partial charge in [0.15, 0.2) is 0 Å². The molecule has 1 aromatic rings. The summed E-state index contributed by atoms with van der Waals surface area (Å²) in [6, 6.07) is 7.35. The average Bonchev–Trinajstić information content (AvgIpc) is 3.47. The van der Waals surface area contributed by atoms with E-state index in [0.717, 1.165) is 24.2 Å². The highest BCUT2D eigenvalue weighted by molar-refractivity contribution is 5.85. The third kappa shape index (κ3) is 4.48. The number of methoxy groups -OCH3 is 1. The molecule has 26 heavy (non-hydrogen) atoms. The summed E-state index contributed by atoms with van der Waals surface area (Å²) >= 11 is 0. The third-order valence-corrected chi connectivity index (χ3v) is 5.39. The summed E-state index contributed by atoms with van der Waals surface area (Å²) in [4.78, 5) is 26.6. The molecule has 2 aliphatic rings. The van der Waals surface area contributed by atoms with Crippen molar-refractivity contribution in [3.8, 4) is 5.75 Å². The Kier molecular flexibility index (Phi) is 6.89. The van der Waals surface area contributed by atoms with E-state index in [9.17, 15) is 9.59 Å². The van der Waals surface area contributed by atoms with Gasteiger partial charge in [-0.2, -0.15) is 0 Å². The van der Waals surface area contributed by atoms with E-state index in [4.69, 9.17) is 10.5 Å². The number of nitrogens with two attached hydrogens (primary N) is 1. The number of nitrogens with zero attached hydrogens (tertiary/aromatic N) is 1. The topological polar surface area (TPSA) is 84.7 Å². The van der Waals surface area contributed by atoms with Crippen molar-refractivity contribution in [1.29, 1.82) is 0 Å². The van der Waals surface area contributed by atoms with E-state index in [1.165, 1.54) is 0 Å².